The van der Waals surface area contributed by atoms with Gasteiger partial charge in [-0.1, -0.05) is 28.1 Å². The second-order valence-corrected chi connectivity index (χ2v) is 7.68. The molecule has 0 spiro atoms. The van der Waals surface area contributed by atoms with E-state index in [0.717, 1.165) is 15.6 Å². The Hall–Kier alpha value is -3.00. The molecule has 7 nitrogen and oxygen atoms in total. The Morgan fingerprint density at radius 3 is 2.31 bits per heavy atom. The van der Waals surface area contributed by atoms with Crippen molar-refractivity contribution in [1.29, 1.82) is 0 Å². The molecule has 4 amide bonds. The number of hydrogen-bond donors (Lipinski definition) is 2. The van der Waals surface area contributed by atoms with Gasteiger partial charge in [0.25, 0.3) is 5.91 Å². The number of likely N-dealkylation sites (tertiary alicyclic amines) is 1. The van der Waals surface area contributed by atoms with Crippen LogP contribution in [-0.4, -0.2) is 35.1 Å². The molecular formula is C21H20BrN3O4. The lowest BCUT2D eigenvalue weighted by Gasteiger charge is -2.14. The fourth-order valence-electron chi connectivity index (χ4n) is 2.97. The van der Waals surface area contributed by atoms with Crippen LogP contribution >= 0.6 is 15.9 Å². The number of carbonyl (C=O) groups is 4. The Morgan fingerprint density at radius 1 is 1.03 bits per heavy atom. The fraction of sp³-hybridized carbons (Fsp3) is 0.238. The molecule has 3 rings (SSSR count). The third-order valence-corrected chi connectivity index (χ3v) is 5.08. The zero-order chi connectivity index (χ0) is 21.0. The monoisotopic (exact) mass is 457 g/mol. The molecule has 2 aromatic rings. The van der Waals surface area contributed by atoms with Crippen LogP contribution in [-0.2, 0) is 20.9 Å². The lowest BCUT2D eigenvalue weighted by atomic mass is 10.1. The maximum atomic E-state index is 12.3. The summed E-state index contributed by atoms with van der Waals surface area (Å²) < 4.78 is 0.920. The average molecular weight is 458 g/mol. The molecule has 2 aromatic carbocycles. The maximum absolute atomic E-state index is 12.3. The highest BCUT2D eigenvalue weighted by atomic mass is 79.9. The van der Waals surface area contributed by atoms with E-state index in [9.17, 15) is 19.2 Å². The number of halogens is 1. The first-order valence-corrected chi connectivity index (χ1v) is 9.89. The normalized spacial score (nSPS) is 13.5. The van der Waals surface area contributed by atoms with Crippen LogP contribution in [0.4, 0.5) is 5.69 Å². The topological polar surface area (TPSA) is 95.6 Å². The Kier molecular flexibility index (Phi) is 6.43. The molecule has 0 saturated carbocycles. The number of hydrogen-bond acceptors (Lipinski definition) is 4. The molecule has 1 aliphatic rings. The Balaban J connectivity index is 1.52. The largest absolute Gasteiger partial charge is 0.343 e. The van der Waals surface area contributed by atoms with Crippen molar-refractivity contribution in [2.24, 2.45) is 0 Å². The molecule has 2 N–H and O–H groups in total. The number of amides is 4. The first-order valence-electron chi connectivity index (χ1n) is 9.10. The summed E-state index contributed by atoms with van der Waals surface area (Å²) in [5, 5.41) is 5.34. The minimum Gasteiger partial charge on any atom is -0.343 e. The van der Waals surface area contributed by atoms with Crippen LogP contribution in [0.15, 0.2) is 46.9 Å². The van der Waals surface area contributed by atoms with E-state index in [1.807, 2.05) is 19.1 Å². The van der Waals surface area contributed by atoms with Crippen molar-refractivity contribution in [3.05, 3.63) is 63.6 Å². The van der Waals surface area contributed by atoms with E-state index in [-0.39, 0.29) is 49.6 Å². The maximum Gasteiger partial charge on any atom is 0.251 e. The number of benzene rings is 2. The molecule has 0 aromatic heterocycles. The van der Waals surface area contributed by atoms with Crippen molar-refractivity contribution >= 4 is 45.2 Å². The predicted octanol–water partition coefficient (Wildman–Crippen LogP) is 2.78. The highest BCUT2D eigenvalue weighted by Gasteiger charge is 2.28. The van der Waals surface area contributed by atoms with Gasteiger partial charge in [0.1, 0.15) is 0 Å². The van der Waals surface area contributed by atoms with Crippen molar-refractivity contribution in [2.75, 3.05) is 11.9 Å². The van der Waals surface area contributed by atoms with Gasteiger partial charge in [0.2, 0.25) is 17.7 Å². The van der Waals surface area contributed by atoms with E-state index in [1.165, 1.54) is 4.90 Å². The fourth-order valence-corrected chi connectivity index (χ4v) is 3.44. The number of aryl methyl sites for hydroxylation is 1. The molecule has 0 unspecified atom stereocenters. The first kappa shape index (κ1) is 20.7. The quantitative estimate of drug-likeness (QED) is 0.651. The molecule has 150 valence electrons. The molecule has 0 aliphatic carbocycles. The molecule has 1 heterocycles. The van der Waals surface area contributed by atoms with Gasteiger partial charge in [0.15, 0.2) is 0 Å². The van der Waals surface area contributed by atoms with Gasteiger partial charge in [-0.2, -0.15) is 0 Å². The number of carbonyl (C=O) groups excluding carboxylic acids is 4. The van der Waals surface area contributed by atoms with Crippen LogP contribution in [0.3, 0.4) is 0 Å². The van der Waals surface area contributed by atoms with Gasteiger partial charge in [-0.3, -0.25) is 24.1 Å². The lowest BCUT2D eigenvalue weighted by molar-refractivity contribution is -0.139. The summed E-state index contributed by atoms with van der Waals surface area (Å²) in [6, 6.07) is 12.1. The number of imide groups is 1. The second-order valence-electron chi connectivity index (χ2n) is 6.76. The van der Waals surface area contributed by atoms with Crippen LogP contribution in [0.5, 0.6) is 0 Å². The van der Waals surface area contributed by atoms with E-state index >= 15 is 0 Å². The van der Waals surface area contributed by atoms with Gasteiger partial charge in [-0.15, -0.1) is 0 Å². The summed E-state index contributed by atoms with van der Waals surface area (Å²) in [5.41, 5.74) is 2.74. The molecular weight excluding hydrogens is 438 g/mol. The highest BCUT2D eigenvalue weighted by Crippen LogP contribution is 2.20. The van der Waals surface area contributed by atoms with Crippen LogP contribution in [0.1, 0.15) is 34.3 Å². The van der Waals surface area contributed by atoms with Crippen LogP contribution in [0, 0.1) is 6.92 Å². The number of rotatable bonds is 6. The molecule has 0 radical (unpaired) electrons. The van der Waals surface area contributed by atoms with Gasteiger partial charge in [-0.25, -0.2) is 0 Å². The van der Waals surface area contributed by atoms with E-state index in [0.29, 0.717) is 11.3 Å². The second kappa shape index (κ2) is 9.00. The number of nitrogens with one attached hydrogen (secondary N) is 2. The molecule has 1 saturated heterocycles. The minimum absolute atomic E-state index is 0.160. The van der Waals surface area contributed by atoms with Gasteiger partial charge in [-0.05, 0) is 48.4 Å². The Labute approximate surface area is 176 Å². The predicted molar refractivity (Wildman–Crippen MR) is 111 cm³/mol. The summed E-state index contributed by atoms with van der Waals surface area (Å²) in [5.74, 6) is -1.06. The van der Waals surface area contributed by atoms with Gasteiger partial charge in [0, 0.05) is 28.6 Å². The third-order valence-electron chi connectivity index (χ3n) is 4.58. The van der Waals surface area contributed by atoms with Crippen molar-refractivity contribution in [1.82, 2.24) is 10.2 Å². The van der Waals surface area contributed by atoms with E-state index < -0.39 is 0 Å². The van der Waals surface area contributed by atoms with Crippen LogP contribution in [0.25, 0.3) is 0 Å². The van der Waals surface area contributed by atoms with Crippen molar-refractivity contribution in [3.8, 4) is 0 Å². The summed E-state index contributed by atoms with van der Waals surface area (Å²) >= 11 is 3.37. The zero-order valence-corrected chi connectivity index (χ0v) is 17.4. The molecule has 1 fully saturated rings. The minimum atomic E-state index is -0.382. The van der Waals surface area contributed by atoms with Gasteiger partial charge >= 0.3 is 0 Å². The first-order chi connectivity index (χ1) is 13.8. The molecule has 8 heteroatoms. The van der Waals surface area contributed by atoms with Crippen molar-refractivity contribution in [2.45, 2.75) is 26.3 Å². The average Bonchev–Trinajstić information content (AvgIpc) is 3.01. The highest BCUT2D eigenvalue weighted by molar-refractivity contribution is 9.10. The third kappa shape index (κ3) is 5.29. The van der Waals surface area contributed by atoms with Crippen molar-refractivity contribution < 1.29 is 19.2 Å². The van der Waals surface area contributed by atoms with Crippen molar-refractivity contribution in [3.63, 3.8) is 0 Å². The molecule has 1 aliphatic heterocycles. The molecule has 0 bridgehead atoms. The summed E-state index contributed by atoms with van der Waals surface area (Å²) in [7, 11) is 0. The molecule has 0 atom stereocenters. The van der Waals surface area contributed by atoms with Crippen LogP contribution in [0.2, 0.25) is 0 Å². The Morgan fingerprint density at radius 2 is 1.69 bits per heavy atom. The summed E-state index contributed by atoms with van der Waals surface area (Å²) in [4.78, 5) is 48.9. The van der Waals surface area contributed by atoms with Gasteiger partial charge in [0.05, 0.1) is 13.1 Å². The standard InChI is InChI=1S/C21H20BrN3O4/c1-13-10-16(22)6-7-17(13)24-18(26)11-23-21(29)15-4-2-14(3-5-15)12-25-19(27)8-9-20(25)28/h2-7,10H,8-9,11-12H2,1H3,(H,23,29)(H,24,26). The number of anilines is 1. The van der Waals surface area contributed by atoms with E-state index in [2.05, 4.69) is 26.6 Å². The Bertz CT molecular complexity index is 956. The summed E-state index contributed by atoms with van der Waals surface area (Å²) in [6.07, 6.45) is 0.502. The van der Waals surface area contributed by atoms with E-state index in [4.69, 9.17) is 0 Å². The smallest absolute Gasteiger partial charge is 0.251 e. The van der Waals surface area contributed by atoms with Crippen LogP contribution < -0.4 is 10.6 Å². The SMILES string of the molecule is Cc1cc(Br)ccc1NC(=O)CNC(=O)c1ccc(CN2C(=O)CCC2=O)cc1. The molecule has 29 heavy (non-hydrogen) atoms. The summed E-state index contributed by atoms with van der Waals surface area (Å²) in [6.45, 7) is 1.92. The van der Waals surface area contributed by atoms with Gasteiger partial charge < -0.3 is 10.6 Å². The van der Waals surface area contributed by atoms with E-state index in [1.54, 1.807) is 30.3 Å². The number of nitrogens with zero attached hydrogens (tertiary/aromatic N) is 1. The lowest BCUT2D eigenvalue weighted by Crippen LogP contribution is -2.33. The zero-order valence-electron chi connectivity index (χ0n) is 15.8.